The zero-order valence-corrected chi connectivity index (χ0v) is 13.0. The molecule has 3 nitrogen and oxygen atoms in total. The second-order valence-electron chi connectivity index (χ2n) is 6.80. The summed E-state index contributed by atoms with van der Waals surface area (Å²) < 4.78 is 5.61. The van der Waals surface area contributed by atoms with Crippen molar-refractivity contribution in [1.29, 1.82) is 0 Å². The van der Waals surface area contributed by atoms with Gasteiger partial charge in [0.05, 0.1) is 12.7 Å². The summed E-state index contributed by atoms with van der Waals surface area (Å²) in [6.45, 7) is 0. The third-order valence-electron chi connectivity index (χ3n) is 5.32. The molecule has 0 aromatic heterocycles. The van der Waals surface area contributed by atoms with Crippen LogP contribution in [0.1, 0.15) is 37.7 Å². The Kier molecular flexibility index (Phi) is 3.35. The normalized spacial score (nSPS) is 31.2. The summed E-state index contributed by atoms with van der Waals surface area (Å²) in [7, 11) is 1.69. The molecule has 0 aliphatic carbocycles. The molecule has 116 valence electrons. The summed E-state index contributed by atoms with van der Waals surface area (Å²) in [5.41, 5.74) is 0.180. The summed E-state index contributed by atoms with van der Waals surface area (Å²) in [4.78, 5) is 0. The van der Waals surface area contributed by atoms with Crippen molar-refractivity contribution in [2.24, 2.45) is 0 Å². The van der Waals surface area contributed by atoms with Crippen LogP contribution >= 0.6 is 0 Å². The second-order valence-corrected chi connectivity index (χ2v) is 6.80. The van der Waals surface area contributed by atoms with Gasteiger partial charge in [-0.15, -0.1) is 0 Å². The number of piperidine rings is 2. The van der Waals surface area contributed by atoms with Crippen LogP contribution in [0.4, 0.5) is 0 Å². The third kappa shape index (κ3) is 2.20. The van der Waals surface area contributed by atoms with E-state index in [1.54, 1.807) is 7.11 Å². The van der Waals surface area contributed by atoms with Crippen LogP contribution in [0.25, 0.3) is 10.8 Å². The number of nitrogens with one attached hydrogen (secondary N) is 1. The summed E-state index contributed by atoms with van der Waals surface area (Å²) >= 11 is 0. The number of methoxy groups -OCH3 is 1. The molecule has 0 radical (unpaired) electrons. The first kappa shape index (κ1) is 14.0. The largest absolute Gasteiger partial charge is 0.496 e. The molecule has 22 heavy (non-hydrogen) atoms. The van der Waals surface area contributed by atoms with Gasteiger partial charge in [-0.1, -0.05) is 36.8 Å². The molecule has 2 N–H and O–H groups in total. The molecule has 2 aliphatic heterocycles. The van der Waals surface area contributed by atoms with E-state index in [-0.39, 0.29) is 0 Å². The van der Waals surface area contributed by atoms with Crippen molar-refractivity contribution in [2.75, 3.05) is 7.11 Å². The van der Waals surface area contributed by atoms with Gasteiger partial charge in [-0.2, -0.15) is 0 Å². The fourth-order valence-corrected chi connectivity index (χ4v) is 4.44. The Labute approximate surface area is 131 Å². The molecule has 2 heterocycles. The molecule has 0 amide bonds. The van der Waals surface area contributed by atoms with E-state index < -0.39 is 5.60 Å². The van der Waals surface area contributed by atoms with Crippen molar-refractivity contribution >= 4 is 10.8 Å². The number of ether oxygens (including phenoxy) is 1. The summed E-state index contributed by atoms with van der Waals surface area (Å²) in [6.07, 6.45) is 5.13. The maximum Gasteiger partial charge on any atom is 0.125 e. The minimum Gasteiger partial charge on any atom is -0.496 e. The Morgan fingerprint density at radius 3 is 2.55 bits per heavy atom. The highest BCUT2D eigenvalue weighted by atomic mass is 16.5. The van der Waals surface area contributed by atoms with Gasteiger partial charge in [-0.25, -0.2) is 0 Å². The molecular weight excluding hydrogens is 274 g/mol. The van der Waals surface area contributed by atoms with Gasteiger partial charge in [0, 0.05) is 17.6 Å². The molecule has 0 spiro atoms. The number of fused-ring (bicyclic) bond motifs is 3. The van der Waals surface area contributed by atoms with Gasteiger partial charge in [-0.05, 0) is 42.5 Å². The Morgan fingerprint density at radius 1 is 1.09 bits per heavy atom. The monoisotopic (exact) mass is 297 g/mol. The van der Waals surface area contributed by atoms with Crippen molar-refractivity contribution in [3.63, 3.8) is 0 Å². The van der Waals surface area contributed by atoms with Gasteiger partial charge >= 0.3 is 0 Å². The molecule has 2 aromatic rings. The maximum atomic E-state index is 11.5. The number of rotatable bonds is 2. The van der Waals surface area contributed by atoms with E-state index in [2.05, 4.69) is 23.5 Å². The highest BCUT2D eigenvalue weighted by Gasteiger charge is 2.43. The average Bonchev–Trinajstić information content (AvgIpc) is 2.53. The van der Waals surface area contributed by atoms with Crippen LogP contribution in [0.15, 0.2) is 36.4 Å². The summed E-state index contributed by atoms with van der Waals surface area (Å²) in [5, 5.41) is 17.5. The molecule has 2 atom stereocenters. The predicted octanol–water partition coefficient (Wildman–Crippen LogP) is 3.34. The quantitative estimate of drug-likeness (QED) is 0.893. The first-order valence-corrected chi connectivity index (χ1v) is 8.24. The van der Waals surface area contributed by atoms with E-state index in [4.69, 9.17) is 4.74 Å². The van der Waals surface area contributed by atoms with E-state index in [0.717, 1.165) is 47.8 Å². The SMILES string of the molecule is COc1ccc2ccccc2c1C1(O)CC2CCCC(C1)N2. The molecule has 2 aromatic carbocycles. The summed E-state index contributed by atoms with van der Waals surface area (Å²) in [6, 6.07) is 13.2. The lowest BCUT2D eigenvalue weighted by Crippen LogP contribution is -2.54. The van der Waals surface area contributed by atoms with E-state index in [9.17, 15) is 5.11 Å². The van der Waals surface area contributed by atoms with Gasteiger partial charge in [0.15, 0.2) is 0 Å². The van der Waals surface area contributed by atoms with Gasteiger partial charge in [-0.3, -0.25) is 0 Å². The Bertz CT molecular complexity index is 685. The van der Waals surface area contributed by atoms with Crippen molar-refractivity contribution in [3.8, 4) is 5.75 Å². The van der Waals surface area contributed by atoms with Gasteiger partial charge in [0.2, 0.25) is 0 Å². The third-order valence-corrected chi connectivity index (χ3v) is 5.32. The molecule has 2 fully saturated rings. The maximum absolute atomic E-state index is 11.5. The predicted molar refractivity (Wildman–Crippen MR) is 88.2 cm³/mol. The standard InChI is InChI=1S/C19H23NO2/c1-22-17-10-9-13-5-2-3-8-16(13)18(17)19(21)11-14-6-4-7-15(12-19)20-14/h2-3,5,8-10,14-15,20-21H,4,6-7,11-12H2,1H3. The van der Waals surface area contributed by atoms with Crippen molar-refractivity contribution in [1.82, 2.24) is 5.32 Å². The number of aliphatic hydroxyl groups is 1. The Balaban J connectivity index is 1.88. The minimum atomic E-state index is -0.798. The molecule has 0 saturated carbocycles. The first-order valence-electron chi connectivity index (χ1n) is 8.24. The Hall–Kier alpha value is -1.58. The fourth-order valence-electron chi connectivity index (χ4n) is 4.44. The van der Waals surface area contributed by atoms with Gasteiger partial charge < -0.3 is 15.2 Å². The smallest absolute Gasteiger partial charge is 0.125 e. The number of hydrogen-bond donors (Lipinski definition) is 2. The van der Waals surface area contributed by atoms with Crippen LogP contribution in [-0.4, -0.2) is 24.3 Å². The summed E-state index contributed by atoms with van der Waals surface area (Å²) in [5.74, 6) is 0.807. The molecule has 2 bridgehead atoms. The Morgan fingerprint density at radius 2 is 1.82 bits per heavy atom. The van der Waals surface area contributed by atoms with Crippen molar-refractivity contribution < 1.29 is 9.84 Å². The van der Waals surface area contributed by atoms with Gasteiger partial charge in [0.25, 0.3) is 0 Å². The van der Waals surface area contributed by atoms with Gasteiger partial charge in [0.1, 0.15) is 5.75 Å². The van der Waals surface area contributed by atoms with Crippen LogP contribution in [0.2, 0.25) is 0 Å². The highest BCUT2D eigenvalue weighted by molar-refractivity contribution is 5.88. The lowest BCUT2D eigenvalue weighted by atomic mass is 9.72. The zero-order valence-electron chi connectivity index (χ0n) is 13.0. The number of hydrogen-bond acceptors (Lipinski definition) is 3. The fraction of sp³-hybridized carbons (Fsp3) is 0.474. The lowest BCUT2D eigenvalue weighted by molar-refractivity contribution is -0.0361. The van der Waals surface area contributed by atoms with Crippen molar-refractivity contribution in [2.45, 2.75) is 49.8 Å². The minimum absolute atomic E-state index is 0.418. The molecule has 2 unspecified atom stereocenters. The first-order chi connectivity index (χ1) is 10.7. The van der Waals surface area contributed by atoms with E-state index in [1.165, 1.54) is 6.42 Å². The second kappa shape index (κ2) is 5.25. The topological polar surface area (TPSA) is 41.5 Å². The van der Waals surface area contributed by atoms with Crippen LogP contribution in [-0.2, 0) is 5.60 Å². The van der Waals surface area contributed by atoms with Crippen molar-refractivity contribution in [3.05, 3.63) is 42.0 Å². The van der Waals surface area contributed by atoms with Crippen LogP contribution in [0, 0.1) is 0 Å². The van der Waals surface area contributed by atoms with Crippen LogP contribution in [0.5, 0.6) is 5.75 Å². The highest BCUT2D eigenvalue weighted by Crippen LogP contribution is 2.45. The van der Waals surface area contributed by atoms with Crippen LogP contribution < -0.4 is 10.1 Å². The molecule has 3 heteroatoms. The molecule has 2 saturated heterocycles. The average molecular weight is 297 g/mol. The van der Waals surface area contributed by atoms with Crippen LogP contribution in [0.3, 0.4) is 0 Å². The lowest BCUT2D eigenvalue weighted by Gasteiger charge is -2.46. The van der Waals surface area contributed by atoms with E-state index >= 15 is 0 Å². The van der Waals surface area contributed by atoms with E-state index in [1.807, 2.05) is 18.2 Å². The van der Waals surface area contributed by atoms with E-state index in [0.29, 0.717) is 12.1 Å². The molecule has 2 aliphatic rings. The number of benzene rings is 2. The molecule has 4 rings (SSSR count). The molecular formula is C19H23NO2. The zero-order chi connectivity index (χ0) is 15.2.